The molecule has 5 rings (SSSR count). The average Bonchev–Trinajstić information content (AvgIpc) is 3.11. The number of halogens is 1. The quantitative estimate of drug-likeness (QED) is 0.278. The summed E-state index contributed by atoms with van der Waals surface area (Å²) in [7, 11) is 0. The van der Waals surface area contributed by atoms with Crippen LogP contribution in [0.1, 0.15) is 22.8 Å². The first-order chi connectivity index (χ1) is 16.5. The van der Waals surface area contributed by atoms with Gasteiger partial charge < -0.3 is 9.67 Å². The van der Waals surface area contributed by atoms with Crippen LogP contribution in [0.2, 0.25) is 5.02 Å². The number of aryl methyl sites for hydroxylation is 2. The molecule has 0 radical (unpaired) electrons. The molecule has 0 fully saturated rings. The Morgan fingerprint density at radius 1 is 1.03 bits per heavy atom. The summed E-state index contributed by atoms with van der Waals surface area (Å²) in [6.45, 7) is 4.40. The van der Waals surface area contributed by atoms with Gasteiger partial charge in [-0.05, 0) is 50.2 Å². The van der Waals surface area contributed by atoms with Gasteiger partial charge in [-0.2, -0.15) is 0 Å². The van der Waals surface area contributed by atoms with E-state index in [1.165, 1.54) is 0 Å². The van der Waals surface area contributed by atoms with Crippen molar-refractivity contribution in [3.8, 4) is 17.1 Å². The maximum Gasteiger partial charge on any atom is 0.296 e. The highest BCUT2D eigenvalue weighted by Gasteiger charge is 2.18. The lowest BCUT2D eigenvalue weighted by Crippen LogP contribution is -1.99. The van der Waals surface area contributed by atoms with Gasteiger partial charge in [-0.25, -0.2) is 4.98 Å². The van der Waals surface area contributed by atoms with Gasteiger partial charge in [0.1, 0.15) is 0 Å². The number of benzene rings is 3. The van der Waals surface area contributed by atoms with Crippen molar-refractivity contribution in [1.29, 1.82) is 0 Å². The molecular weight excluding hydrogens is 448 g/mol. The highest BCUT2D eigenvalue weighted by Crippen LogP contribution is 2.40. The van der Waals surface area contributed by atoms with Crippen molar-refractivity contribution < 1.29 is 9.90 Å². The van der Waals surface area contributed by atoms with E-state index in [4.69, 9.17) is 16.6 Å². The molecule has 0 bridgehead atoms. The molecule has 0 saturated heterocycles. The second-order valence-electron chi connectivity index (χ2n) is 8.02. The van der Waals surface area contributed by atoms with Crippen molar-refractivity contribution in [2.24, 2.45) is 10.2 Å². The summed E-state index contributed by atoms with van der Waals surface area (Å²) in [5.41, 5.74) is 4.65. The molecule has 6 nitrogen and oxygen atoms in total. The van der Waals surface area contributed by atoms with Crippen molar-refractivity contribution in [2.75, 3.05) is 0 Å². The molecule has 0 aliphatic rings. The molecule has 5 aromatic rings. The molecular formula is C27H21ClN4O2. The number of aromatic nitrogens is 2. The largest absolute Gasteiger partial charge is 0.493 e. The van der Waals surface area contributed by atoms with Gasteiger partial charge in [-0.1, -0.05) is 53.6 Å². The third kappa shape index (κ3) is 3.82. The van der Waals surface area contributed by atoms with E-state index in [9.17, 15) is 9.90 Å². The van der Waals surface area contributed by atoms with Gasteiger partial charge in [-0.15, -0.1) is 10.2 Å². The van der Waals surface area contributed by atoms with Gasteiger partial charge in [0.2, 0.25) is 5.88 Å². The van der Waals surface area contributed by atoms with Gasteiger partial charge in [-0.3, -0.25) is 4.79 Å². The lowest BCUT2D eigenvalue weighted by atomic mass is 10.0. The number of aromatic hydroxyl groups is 1. The Balaban J connectivity index is 1.64. The molecule has 0 atom stereocenters. The monoisotopic (exact) mass is 468 g/mol. The van der Waals surface area contributed by atoms with Gasteiger partial charge >= 0.3 is 0 Å². The van der Waals surface area contributed by atoms with Crippen LogP contribution in [-0.4, -0.2) is 20.6 Å². The smallest absolute Gasteiger partial charge is 0.296 e. The molecule has 168 valence electrons. The van der Waals surface area contributed by atoms with Crippen molar-refractivity contribution in [1.82, 2.24) is 9.55 Å². The Bertz CT molecular complexity index is 1590. The predicted molar refractivity (Wildman–Crippen MR) is 135 cm³/mol. The fourth-order valence-corrected chi connectivity index (χ4v) is 4.31. The average molecular weight is 469 g/mol. The van der Waals surface area contributed by atoms with E-state index in [0.717, 1.165) is 16.6 Å². The summed E-state index contributed by atoms with van der Waals surface area (Å²) < 4.78 is 1.70. The van der Waals surface area contributed by atoms with Crippen molar-refractivity contribution in [2.45, 2.75) is 20.4 Å². The van der Waals surface area contributed by atoms with Crippen LogP contribution < -0.4 is 0 Å². The highest BCUT2D eigenvalue weighted by atomic mass is 35.5. The minimum absolute atomic E-state index is 0.0586. The molecule has 1 amide bonds. The van der Waals surface area contributed by atoms with Crippen LogP contribution in [0.4, 0.5) is 5.69 Å². The summed E-state index contributed by atoms with van der Waals surface area (Å²) in [4.78, 5) is 18.1. The SMILES string of the molecule is CCn1c(O)c(N=NC(=O)c2cc(-c3ccccc3)nc3ccc(C)cc23)c2cc(Cl)ccc21. The van der Waals surface area contributed by atoms with Gasteiger partial charge in [0.15, 0.2) is 5.69 Å². The number of carbonyl (C=O) groups is 1. The summed E-state index contributed by atoms with van der Waals surface area (Å²) in [6.07, 6.45) is 0. The van der Waals surface area contributed by atoms with Crippen molar-refractivity contribution in [3.05, 3.63) is 88.9 Å². The lowest BCUT2D eigenvalue weighted by Gasteiger charge is -2.08. The van der Waals surface area contributed by atoms with E-state index < -0.39 is 5.91 Å². The Morgan fingerprint density at radius 3 is 2.59 bits per heavy atom. The van der Waals surface area contributed by atoms with Crippen LogP contribution in [0.15, 0.2) is 83.0 Å². The van der Waals surface area contributed by atoms with Crippen LogP contribution >= 0.6 is 11.6 Å². The van der Waals surface area contributed by atoms with Crippen LogP contribution in [0.3, 0.4) is 0 Å². The van der Waals surface area contributed by atoms with Gasteiger partial charge in [0, 0.05) is 27.9 Å². The molecule has 2 heterocycles. The van der Waals surface area contributed by atoms with Gasteiger partial charge in [0.05, 0.1) is 22.3 Å². The fraction of sp³-hybridized carbons (Fsp3) is 0.111. The highest BCUT2D eigenvalue weighted by molar-refractivity contribution is 6.31. The fourth-order valence-electron chi connectivity index (χ4n) is 4.14. The van der Waals surface area contributed by atoms with E-state index in [2.05, 4.69) is 10.2 Å². The van der Waals surface area contributed by atoms with E-state index in [-0.39, 0.29) is 11.6 Å². The zero-order valence-corrected chi connectivity index (χ0v) is 19.4. The molecule has 0 unspecified atom stereocenters. The molecule has 1 N–H and O–H groups in total. The summed E-state index contributed by atoms with van der Waals surface area (Å²) in [5.74, 6) is -0.578. The zero-order chi connectivity index (χ0) is 23.8. The third-order valence-corrected chi connectivity index (χ3v) is 6.03. The van der Waals surface area contributed by atoms with Crippen LogP contribution in [0, 0.1) is 6.92 Å². The van der Waals surface area contributed by atoms with Crippen LogP contribution in [0.25, 0.3) is 33.1 Å². The third-order valence-electron chi connectivity index (χ3n) is 5.79. The standard InChI is InChI=1S/C27H21ClN4O2/c1-3-32-24-12-10-18(28)14-21(24)25(27(32)34)30-31-26(33)20-15-23(17-7-5-4-6-8-17)29-22-11-9-16(2)13-19(20)22/h4-15,34H,3H2,1-2H3. The minimum Gasteiger partial charge on any atom is -0.493 e. The van der Waals surface area contributed by atoms with Gasteiger partial charge in [0.25, 0.3) is 5.91 Å². The van der Waals surface area contributed by atoms with Crippen molar-refractivity contribution >= 4 is 45.0 Å². The number of carbonyl (C=O) groups excluding carboxylic acids is 1. The number of hydrogen-bond acceptors (Lipinski definition) is 4. The molecule has 0 saturated carbocycles. The number of azo groups is 1. The summed E-state index contributed by atoms with van der Waals surface area (Å²) in [6, 6.07) is 22.5. The second-order valence-corrected chi connectivity index (χ2v) is 8.46. The maximum atomic E-state index is 13.3. The van der Waals surface area contributed by atoms with Crippen molar-refractivity contribution in [3.63, 3.8) is 0 Å². The molecule has 2 aromatic heterocycles. The molecule has 34 heavy (non-hydrogen) atoms. The molecule has 0 aliphatic carbocycles. The van der Waals surface area contributed by atoms with E-state index >= 15 is 0 Å². The Hall–Kier alpha value is -4.03. The number of fused-ring (bicyclic) bond motifs is 2. The first-order valence-corrected chi connectivity index (χ1v) is 11.3. The Morgan fingerprint density at radius 2 is 1.82 bits per heavy atom. The number of pyridine rings is 1. The maximum absolute atomic E-state index is 13.3. The first-order valence-electron chi connectivity index (χ1n) is 10.9. The van der Waals surface area contributed by atoms with Crippen LogP contribution in [0.5, 0.6) is 5.88 Å². The first kappa shape index (κ1) is 21.8. The number of nitrogens with zero attached hydrogens (tertiary/aromatic N) is 4. The Kier molecular flexibility index (Phi) is 5.59. The van der Waals surface area contributed by atoms with E-state index in [0.29, 0.717) is 39.1 Å². The second kappa shape index (κ2) is 8.72. The minimum atomic E-state index is -0.519. The number of hydrogen-bond donors (Lipinski definition) is 1. The molecule has 7 heteroatoms. The lowest BCUT2D eigenvalue weighted by molar-refractivity contribution is 0.0996. The number of amides is 1. The normalized spacial score (nSPS) is 11.6. The topological polar surface area (TPSA) is 79.8 Å². The summed E-state index contributed by atoms with van der Waals surface area (Å²) in [5, 5.41) is 20.8. The molecule has 0 aliphatic heterocycles. The molecule has 3 aromatic carbocycles. The summed E-state index contributed by atoms with van der Waals surface area (Å²) >= 11 is 6.17. The Labute approximate surface area is 201 Å². The predicted octanol–water partition coefficient (Wildman–Crippen LogP) is 7.47. The van der Waals surface area contributed by atoms with E-state index in [1.807, 2.05) is 68.4 Å². The molecule has 0 spiro atoms. The number of rotatable bonds is 4. The van der Waals surface area contributed by atoms with Crippen LogP contribution in [-0.2, 0) is 6.54 Å². The zero-order valence-electron chi connectivity index (χ0n) is 18.7. The van der Waals surface area contributed by atoms with E-state index in [1.54, 1.807) is 22.8 Å².